The summed E-state index contributed by atoms with van der Waals surface area (Å²) < 4.78 is 12.2. The fourth-order valence-corrected chi connectivity index (χ4v) is 15.8. The molecule has 7 aromatic carbocycles. The number of nitrogens with zero attached hydrogens (tertiary/aromatic N) is 2. The van der Waals surface area contributed by atoms with Crippen molar-refractivity contribution in [2.24, 2.45) is 9.49 Å². The molecule has 0 fully saturated rings. The van der Waals surface area contributed by atoms with Gasteiger partial charge >= 0.3 is 0 Å². The van der Waals surface area contributed by atoms with Gasteiger partial charge in [-0.2, -0.15) is 0 Å². The average molecular weight is 885 g/mol. The Labute approximate surface area is 383 Å². The second kappa shape index (κ2) is 17.5. The Morgan fingerprint density at radius 2 is 0.578 bits per heavy atom. The molecule has 7 rings (SSSR count). The quantitative estimate of drug-likeness (QED) is 0.149. The van der Waals surface area contributed by atoms with Gasteiger partial charge in [-0.05, 0) is 57.1 Å². The maximum Gasteiger partial charge on any atom is 0.129 e. The molecule has 7 aromatic rings. The first kappa shape index (κ1) is 46.6. The summed E-state index contributed by atoms with van der Waals surface area (Å²) in [6, 6.07) is 59.2. The van der Waals surface area contributed by atoms with Crippen molar-refractivity contribution < 1.29 is 10.2 Å². The monoisotopic (exact) mass is 884 g/mol. The molecular weight excluding hydrogens is 819 g/mol. The molecule has 0 unspecified atom stereocenters. The van der Waals surface area contributed by atoms with E-state index >= 15 is 0 Å². The minimum absolute atomic E-state index is 0.219. The predicted octanol–water partition coefficient (Wildman–Crippen LogP) is 13.9. The lowest BCUT2D eigenvalue weighted by molar-refractivity contribution is 0.448. The molecule has 0 radical (unpaired) electrons. The third kappa shape index (κ3) is 8.98. The molecule has 0 aliphatic carbocycles. The maximum atomic E-state index is 12.9. The van der Waals surface area contributed by atoms with Crippen LogP contribution < -0.4 is 31.8 Å². The Kier molecular flexibility index (Phi) is 12.8. The highest BCUT2D eigenvalue weighted by Crippen LogP contribution is 2.58. The maximum absolute atomic E-state index is 12.9. The first-order chi connectivity index (χ1) is 30.1. The van der Waals surface area contributed by atoms with Crippen molar-refractivity contribution in [1.82, 2.24) is 0 Å². The molecule has 0 saturated heterocycles. The van der Waals surface area contributed by atoms with E-state index in [1.807, 2.05) is 36.4 Å². The third-order valence-electron chi connectivity index (χ3n) is 12.1. The van der Waals surface area contributed by atoms with Gasteiger partial charge in [0.1, 0.15) is 11.5 Å². The van der Waals surface area contributed by atoms with Crippen LogP contribution in [0.3, 0.4) is 0 Å². The highest BCUT2D eigenvalue weighted by molar-refractivity contribution is 7.88. The average Bonchev–Trinajstić information content (AvgIpc) is 3.25. The van der Waals surface area contributed by atoms with Gasteiger partial charge in [-0.15, -0.1) is 0 Å². The number of benzene rings is 7. The number of hydrogen-bond acceptors (Lipinski definition) is 4. The second-order valence-electron chi connectivity index (χ2n) is 21.1. The normalized spacial score (nSPS) is 12.8. The van der Waals surface area contributed by atoms with Crippen molar-refractivity contribution >= 4 is 57.3 Å². The number of aromatic hydroxyl groups is 2. The zero-order valence-corrected chi connectivity index (χ0v) is 41.6. The van der Waals surface area contributed by atoms with Crippen LogP contribution in [0.1, 0.15) is 105 Å². The molecule has 6 heteroatoms. The fourth-order valence-electron chi connectivity index (χ4n) is 8.47. The van der Waals surface area contributed by atoms with Crippen molar-refractivity contribution in [3.63, 3.8) is 0 Å². The molecule has 330 valence electrons. The van der Waals surface area contributed by atoms with Crippen LogP contribution in [0.2, 0.25) is 0 Å². The van der Waals surface area contributed by atoms with Crippen LogP contribution in [-0.4, -0.2) is 10.2 Å². The van der Waals surface area contributed by atoms with Crippen LogP contribution in [0.25, 0.3) is 0 Å². The van der Waals surface area contributed by atoms with Crippen LogP contribution in [0.4, 0.5) is 11.4 Å². The van der Waals surface area contributed by atoms with Gasteiger partial charge < -0.3 is 10.2 Å². The zero-order chi connectivity index (χ0) is 46.3. The summed E-state index contributed by atoms with van der Waals surface area (Å²) in [5.74, 6) is 0.544. The fraction of sp³-hybridized carbons (Fsp3) is 0.276. The van der Waals surface area contributed by atoms with E-state index in [1.165, 1.54) is 0 Å². The molecule has 0 saturated carbocycles. The zero-order valence-electron chi connectivity index (χ0n) is 39.8. The summed E-state index contributed by atoms with van der Waals surface area (Å²) in [7, 11) is -6.21. The summed E-state index contributed by atoms with van der Waals surface area (Å²) in [5.41, 5.74) is 4.31. The highest BCUT2D eigenvalue weighted by atomic mass is 31.2. The lowest BCUT2D eigenvalue weighted by atomic mass is 9.80. The molecule has 0 atom stereocenters. The molecule has 0 heterocycles. The van der Waals surface area contributed by atoms with Crippen molar-refractivity contribution in [2.75, 3.05) is 0 Å². The van der Waals surface area contributed by atoms with E-state index in [0.717, 1.165) is 54.1 Å². The summed E-state index contributed by atoms with van der Waals surface area (Å²) in [5, 5.41) is 31.5. The first-order valence-electron chi connectivity index (χ1n) is 22.4. The van der Waals surface area contributed by atoms with Crippen molar-refractivity contribution in [2.45, 2.75) is 105 Å². The lowest BCUT2D eigenvalue weighted by Crippen LogP contribution is -2.29. The van der Waals surface area contributed by atoms with E-state index in [4.69, 9.17) is 9.49 Å². The number of hydrogen-bond donors (Lipinski definition) is 2. The van der Waals surface area contributed by atoms with E-state index in [-0.39, 0.29) is 33.2 Å². The van der Waals surface area contributed by atoms with Gasteiger partial charge in [0.15, 0.2) is 0 Å². The van der Waals surface area contributed by atoms with Crippen molar-refractivity contribution in [3.05, 3.63) is 192 Å². The number of phenols is 2. The summed E-state index contributed by atoms with van der Waals surface area (Å²) in [4.78, 5) is 0. The molecule has 0 bridgehead atoms. The van der Waals surface area contributed by atoms with Gasteiger partial charge in [0, 0.05) is 43.0 Å². The van der Waals surface area contributed by atoms with E-state index in [1.54, 1.807) is 0 Å². The summed E-state index contributed by atoms with van der Waals surface area (Å²) >= 11 is 0. The van der Waals surface area contributed by atoms with Gasteiger partial charge in [0.25, 0.3) is 0 Å². The SMILES string of the molecule is CC(C)(C)c1cc(C(C)(C)C)c(O)c(P(=Nc2ccccc2N=P(c2ccccc2)(c2ccccc2)c2cc(C(C)(C)C)cc(C(C)(C)C)c2O)(c2ccccc2)c2ccccc2)c1. The Morgan fingerprint density at radius 1 is 0.328 bits per heavy atom. The standard InChI is InChI=1S/C58H66N2O2P2/c1-55(2,3)41-37-47(57(7,8)9)53(61)51(39-41)63(43-27-17-13-18-28-43,44-29-19-14-20-30-44)59-49-35-25-26-36-50(49)60-64(45-31-21-15-22-32-45,46-33-23-16-24-34-46)52-40-42(56(4,5)6)38-48(54(52)62)58(10,11)12/h13-40,61-62H,1-12H3. The summed E-state index contributed by atoms with van der Waals surface area (Å²) in [6.45, 7) is 26.4. The van der Waals surface area contributed by atoms with Crippen LogP contribution in [0.15, 0.2) is 179 Å². The van der Waals surface area contributed by atoms with Gasteiger partial charge in [-0.25, -0.2) is 0 Å². The highest BCUT2D eigenvalue weighted by Gasteiger charge is 2.38. The molecule has 0 amide bonds. The number of rotatable bonds is 8. The predicted molar refractivity (Wildman–Crippen MR) is 279 cm³/mol. The second-order valence-corrected chi connectivity index (χ2v) is 27.1. The smallest absolute Gasteiger partial charge is 0.129 e. The van der Waals surface area contributed by atoms with Gasteiger partial charge in [-0.3, -0.25) is 9.49 Å². The van der Waals surface area contributed by atoms with E-state index in [2.05, 4.69) is 217 Å². The van der Waals surface area contributed by atoms with Crippen LogP contribution in [0.5, 0.6) is 11.5 Å². The third-order valence-corrected chi connectivity index (χ3v) is 19.4. The van der Waals surface area contributed by atoms with Gasteiger partial charge in [0.05, 0.1) is 25.5 Å². The molecule has 2 N–H and O–H groups in total. The van der Waals surface area contributed by atoms with Crippen molar-refractivity contribution in [3.8, 4) is 11.5 Å². The minimum atomic E-state index is -3.11. The summed E-state index contributed by atoms with van der Waals surface area (Å²) in [6.07, 6.45) is 0. The molecule has 0 aliphatic rings. The minimum Gasteiger partial charge on any atom is -0.507 e. The van der Waals surface area contributed by atoms with E-state index < -0.39 is 14.1 Å². The first-order valence-corrected chi connectivity index (χ1v) is 25.9. The number of phenolic OH excluding ortho intramolecular Hbond substituents is 2. The van der Waals surface area contributed by atoms with Crippen LogP contribution in [-0.2, 0) is 21.7 Å². The van der Waals surface area contributed by atoms with Crippen LogP contribution >= 0.6 is 14.1 Å². The van der Waals surface area contributed by atoms with Gasteiger partial charge in [-0.1, -0.05) is 229 Å². The van der Waals surface area contributed by atoms with E-state index in [9.17, 15) is 10.2 Å². The molecule has 0 aliphatic heterocycles. The molecule has 0 aromatic heterocycles. The molecular formula is C58H66N2O2P2. The van der Waals surface area contributed by atoms with Gasteiger partial charge in [0.2, 0.25) is 0 Å². The Balaban J connectivity index is 1.75. The van der Waals surface area contributed by atoms with E-state index in [0.29, 0.717) is 11.4 Å². The van der Waals surface area contributed by atoms with Crippen LogP contribution in [0, 0.1) is 0 Å². The Morgan fingerprint density at radius 3 is 0.812 bits per heavy atom. The largest absolute Gasteiger partial charge is 0.507 e. The molecule has 4 nitrogen and oxygen atoms in total. The molecule has 0 spiro atoms. The lowest BCUT2D eigenvalue weighted by Gasteiger charge is -2.34. The Bertz CT molecular complexity index is 2590. The Hall–Kier alpha value is -5.40. The van der Waals surface area contributed by atoms with Crippen molar-refractivity contribution in [1.29, 1.82) is 0 Å². The topological polar surface area (TPSA) is 65.2 Å². The molecule has 64 heavy (non-hydrogen) atoms.